The summed E-state index contributed by atoms with van der Waals surface area (Å²) in [7, 11) is 3.13. The SMILES string of the molecule is CNC(=O)c1nn(C)cc1NC(=O)c1ccn(COc2ccc(Cl)cc2Cl)n1. The van der Waals surface area contributed by atoms with Gasteiger partial charge in [-0.15, -0.1) is 0 Å². The van der Waals surface area contributed by atoms with Gasteiger partial charge < -0.3 is 15.4 Å². The number of anilines is 1. The monoisotopic (exact) mass is 422 g/mol. The number of amides is 2. The van der Waals surface area contributed by atoms with Crippen molar-refractivity contribution in [2.75, 3.05) is 12.4 Å². The molecule has 0 atom stereocenters. The van der Waals surface area contributed by atoms with Gasteiger partial charge in [0.25, 0.3) is 11.8 Å². The van der Waals surface area contributed by atoms with Crippen LogP contribution in [0, 0.1) is 0 Å². The van der Waals surface area contributed by atoms with Crippen molar-refractivity contribution >= 4 is 40.7 Å². The number of nitrogens with one attached hydrogen (secondary N) is 2. The van der Waals surface area contributed by atoms with Gasteiger partial charge in [-0.1, -0.05) is 23.2 Å². The van der Waals surface area contributed by atoms with Crippen molar-refractivity contribution in [3.8, 4) is 5.75 Å². The summed E-state index contributed by atoms with van der Waals surface area (Å²) in [5, 5.41) is 14.2. The number of carbonyl (C=O) groups is 2. The second kappa shape index (κ2) is 8.32. The molecule has 0 aliphatic heterocycles. The second-order valence-corrected chi connectivity index (χ2v) is 6.53. The maximum Gasteiger partial charge on any atom is 0.276 e. The Morgan fingerprint density at radius 1 is 1.18 bits per heavy atom. The van der Waals surface area contributed by atoms with E-state index in [-0.39, 0.29) is 23.8 Å². The zero-order chi connectivity index (χ0) is 20.3. The molecule has 0 fully saturated rings. The number of carbonyl (C=O) groups excluding carboxylic acids is 2. The van der Waals surface area contributed by atoms with Crippen LogP contribution in [0.15, 0.2) is 36.7 Å². The fourth-order valence-electron chi connectivity index (χ4n) is 2.34. The Kier molecular flexibility index (Phi) is 5.86. The first kappa shape index (κ1) is 19.7. The van der Waals surface area contributed by atoms with E-state index in [9.17, 15) is 9.59 Å². The molecule has 0 spiro atoms. The number of benzene rings is 1. The Morgan fingerprint density at radius 2 is 1.96 bits per heavy atom. The normalized spacial score (nSPS) is 10.6. The van der Waals surface area contributed by atoms with E-state index >= 15 is 0 Å². The molecule has 28 heavy (non-hydrogen) atoms. The molecule has 0 saturated carbocycles. The van der Waals surface area contributed by atoms with Gasteiger partial charge in [-0.2, -0.15) is 10.2 Å². The maximum absolute atomic E-state index is 12.4. The summed E-state index contributed by atoms with van der Waals surface area (Å²) >= 11 is 11.9. The largest absolute Gasteiger partial charge is 0.470 e. The number of aromatic nitrogens is 4. The number of halogens is 2. The molecule has 2 amide bonds. The van der Waals surface area contributed by atoms with E-state index < -0.39 is 11.8 Å². The van der Waals surface area contributed by atoms with Crippen LogP contribution < -0.4 is 15.4 Å². The summed E-state index contributed by atoms with van der Waals surface area (Å²) in [5.41, 5.74) is 0.543. The lowest BCUT2D eigenvalue weighted by Gasteiger charge is -2.08. The van der Waals surface area contributed by atoms with E-state index in [0.29, 0.717) is 15.8 Å². The predicted molar refractivity (Wildman–Crippen MR) is 104 cm³/mol. The van der Waals surface area contributed by atoms with Gasteiger partial charge in [0.1, 0.15) is 5.75 Å². The minimum atomic E-state index is -0.485. The van der Waals surface area contributed by atoms with Gasteiger partial charge >= 0.3 is 0 Å². The van der Waals surface area contributed by atoms with Gasteiger partial charge in [0.2, 0.25) is 0 Å². The van der Waals surface area contributed by atoms with E-state index in [2.05, 4.69) is 20.8 Å². The van der Waals surface area contributed by atoms with E-state index in [1.54, 1.807) is 31.4 Å². The van der Waals surface area contributed by atoms with Crippen LogP contribution in [0.3, 0.4) is 0 Å². The minimum absolute atomic E-state index is 0.0466. The van der Waals surface area contributed by atoms with Crippen molar-refractivity contribution in [3.05, 3.63) is 58.1 Å². The predicted octanol–water partition coefficient (Wildman–Crippen LogP) is 2.57. The molecule has 2 N–H and O–H groups in total. The molecule has 0 saturated heterocycles. The highest BCUT2D eigenvalue weighted by Gasteiger charge is 2.18. The standard InChI is InChI=1S/C17H16Cl2N6O3/c1-20-17(27)15-13(8-24(2)23-15)21-16(26)12-5-6-25(22-12)9-28-14-4-3-10(18)7-11(14)19/h3-8H,9H2,1-2H3,(H,20,27)(H,21,26). The van der Waals surface area contributed by atoms with Crippen LogP contribution >= 0.6 is 23.2 Å². The Morgan fingerprint density at radius 3 is 2.68 bits per heavy atom. The van der Waals surface area contributed by atoms with Gasteiger partial charge in [-0.3, -0.25) is 14.3 Å². The molecule has 1 aromatic carbocycles. The molecule has 2 aromatic heterocycles. The summed E-state index contributed by atoms with van der Waals surface area (Å²) in [6.07, 6.45) is 3.12. The molecular formula is C17H16Cl2N6O3. The van der Waals surface area contributed by atoms with Crippen LogP contribution in [0.4, 0.5) is 5.69 Å². The zero-order valence-corrected chi connectivity index (χ0v) is 16.5. The van der Waals surface area contributed by atoms with Crippen LogP contribution in [-0.4, -0.2) is 38.4 Å². The molecule has 146 valence electrons. The first-order valence-electron chi connectivity index (χ1n) is 8.05. The van der Waals surface area contributed by atoms with E-state index in [1.165, 1.54) is 28.7 Å². The third-order valence-electron chi connectivity index (χ3n) is 3.64. The number of nitrogens with zero attached hydrogens (tertiary/aromatic N) is 4. The average Bonchev–Trinajstić information content (AvgIpc) is 3.27. The second-order valence-electron chi connectivity index (χ2n) is 5.69. The first-order valence-corrected chi connectivity index (χ1v) is 8.81. The molecule has 0 bridgehead atoms. The van der Waals surface area contributed by atoms with Crippen LogP contribution in [-0.2, 0) is 13.8 Å². The average molecular weight is 423 g/mol. The Balaban J connectivity index is 1.67. The number of ether oxygens (including phenoxy) is 1. The van der Waals surface area contributed by atoms with Crippen molar-refractivity contribution in [2.24, 2.45) is 7.05 Å². The molecule has 3 aromatic rings. The van der Waals surface area contributed by atoms with Crippen LogP contribution in [0.1, 0.15) is 21.0 Å². The fourth-order valence-corrected chi connectivity index (χ4v) is 2.80. The third kappa shape index (κ3) is 4.44. The molecule has 3 rings (SSSR count). The molecule has 0 unspecified atom stereocenters. The van der Waals surface area contributed by atoms with E-state index in [4.69, 9.17) is 27.9 Å². The smallest absolute Gasteiger partial charge is 0.276 e. The number of hydrogen-bond donors (Lipinski definition) is 2. The maximum atomic E-state index is 12.4. The number of rotatable bonds is 6. The lowest BCUT2D eigenvalue weighted by Crippen LogP contribution is -2.21. The van der Waals surface area contributed by atoms with Crippen molar-refractivity contribution in [1.82, 2.24) is 24.9 Å². The minimum Gasteiger partial charge on any atom is -0.470 e. The molecule has 9 nitrogen and oxygen atoms in total. The summed E-state index contributed by atoms with van der Waals surface area (Å²) in [6, 6.07) is 6.39. The fraction of sp³-hybridized carbons (Fsp3) is 0.176. The van der Waals surface area contributed by atoms with Gasteiger partial charge in [0, 0.05) is 31.5 Å². The van der Waals surface area contributed by atoms with Crippen molar-refractivity contribution < 1.29 is 14.3 Å². The quantitative estimate of drug-likeness (QED) is 0.635. The van der Waals surface area contributed by atoms with Crippen LogP contribution in [0.25, 0.3) is 0 Å². The highest BCUT2D eigenvalue weighted by molar-refractivity contribution is 6.35. The van der Waals surface area contributed by atoms with E-state index in [1.807, 2.05) is 0 Å². The summed E-state index contributed by atoms with van der Waals surface area (Å²) in [4.78, 5) is 24.3. The third-order valence-corrected chi connectivity index (χ3v) is 4.17. The summed E-state index contributed by atoms with van der Waals surface area (Å²) in [6.45, 7) is 0.0466. The number of hydrogen-bond acceptors (Lipinski definition) is 5. The topological polar surface area (TPSA) is 103 Å². The Hall–Kier alpha value is -3.04. The lowest BCUT2D eigenvalue weighted by atomic mass is 10.3. The van der Waals surface area contributed by atoms with Gasteiger partial charge in [0.15, 0.2) is 18.1 Å². The Labute approximate surface area is 170 Å². The van der Waals surface area contributed by atoms with Crippen LogP contribution in [0.5, 0.6) is 5.75 Å². The van der Waals surface area contributed by atoms with Crippen molar-refractivity contribution in [2.45, 2.75) is 6.73 Å². The highest BCUT2D eigenvalue weighted by Crippen LogP contribution is 2.27. The van der Waals surface area contributed by atoms with E-state index in [0.717, 1.165) is 0 Å². The molecule has 11 heteroatoms. The molecule has 0 aliphatic carbocycles. The molecule has 0 aliphatic rings. The molecule has 0 radical (unpaired) electrons. The van der Waals surface area contributed by atoms with Crippen LogP contribution in [0.2, 0.25) is 10.0 Å². The summed E-state index contributed by atoms with van der Waals surface area (Å²) < 4.78 is 8.44. The number of aryl methyl sites for hydroxylation is 1. The Bertz CT molecular complexity index is 1030. The van der Waals surface area contributed by atoms with Crippen molar-refractivity contribution in [1.29, 1.82) is 0 Å². The molecular weight excluding hydrogens is 407 g/mol. The lowest BCUT2D eigenvalue weighted by molar-refractivity contribution is 0.0958. The van der Waals surface area contributed by atoms with Gasteiger partial charge in [0.05, 0.1) is 10.7 Å². The van der Waals surface area contributed by atoms with Gasteiger partial charge in [-0.25, -0.2) is 4.68 Å². The summed E-state index contributed by atoms with van der Waals surface area (Å²) in [5.74, 6) is -0.450. The molecule has 2 heterocycles. The van der Waals surface area contributed by atoms with Crippen molar-refractivity contribution in [3.63, 3.8) is 0 Å². The first-order chi connectivity index (χ1) is 13.4. The zero-order valence-electron chi connectivity index (χ0n) is 14.9. The van der Waals surface area contributed by atoms with Gasteiger partial charge in [-0.05, 0) is 24.3 Å². The highest BCUT2D eigenvalue weighted by atomic mass is 35.5.